The van der Waals surface area contributed by atoms with Gasteiger partial charge in [-0.15, -0.1) is 5.10 Å². The molecular weight excluding hydrogens is 412 g/mol. The molecule has 7 nitrogen and oxygen atoms in total. The third-order valence-corrected chi connectivity index (χ3v) is 5.27. The van der Waals surface area contributed by atoms with E-state index in [1.54, 1.807) is 23.0 Å². The topological polar surface area (TPSA) is 84.7 Å². The highest BCUT2D eigenvalue weighted by atomic mass is 35.5. The lowest BCUT2D eigenvalue weighted by molar-refractivity contribution is 0.102. The lowest BCUT2D eigenvalue weighted by Gasteiger charge is -2.24. The van der Waals surface area contributed by atoms with E-state index in [4.69, 9.17) is 11.6 Å². The molecule has 1 atom stereocenters. The lowest BCUT2D eigenvalue weighted by Crippen LogP contribution is -2.20. The Morgan fingerprint density at radius 2 is 1.84 bits per heavy atom. The van der Waals surface area contributed by atoms with Crippen LogP contribution in [-0.4, -0.2) is 25.7 Å². The summed E-state index contributed by atoms with van der Waals surface area (Å²) in [7, 11) is 0. The van der Waals surface area contributed by atoms with Crippen molar-refractivity contribution in [1.29, 1.82) is 0 Å². The van der Waals surface area contributed by atoms with Gasteiger partial charge in [0.2, 0.25) is 5.95 Å². The van der Waals surface area contributed by atoms with Gasteiger partial charge in [0.1, 0.15) is 6.04 Å². The second kappa shape index (κ2) is 8.04. The molecule has 0 unspecified atom stereocenters. The first-order chi connectivity index (χ1) is 15.2. The number of benzene rings is 2. The Bertz CT molecular complexity index is 1270. The number of carbonyl (C=O) groups is 1. The maximum absolute atomic E-state index is 12.5. The van der Waals surface area contributed by atoms with Crippen molar-refractivity contribution in [3.63, 3.8) is 0 Å². The summed E-state index contributed by atoms with van der Waals surface area (Å²) in [5, 5.41) is 11.2. The van der Waals surface area contributed by atoms with Crippen LogP contribution in [-0.2, 0) is 0 Å². The summed E-state index contributed by atoms with van der Waals surface area (Å²) in [5.74, 6) is 0.366. The second-order valence-corrected chi connectivity index (χ2v) is 7.34. The van der Waals surface area contributed by atoms with Gasteiger partial charge in [-0.05, 0) is 35.4 Å². The number of amides is 1. The van der Waals surface area contributed by atoms with Crippen molar-refractivity contribution in [3.05, 3.63) is 107 Å². The smallest absolute Gasteiger partial charge is 0.259 e. The molecule has 1 aliphatic heterocycles. The van der Waals surface area contributed by atoms with E-state index in [-0.39, 0.29) is 17.9 Å². The number of carbonyl (C=O) groups excluding carboxylic acids is 1. The van der Waals surface area contributed by atoms with Crippen LogP contribution in [0.25, 0.3) is 5.70 Å². The molecule has 4 aromatic rings. The molecule has 0 spiro atoms. The molecule has 8 heteroatoms. The van der Waals surface area contributed by atoms with E-state index < -0.39 is 0 Å². The Balaban J connectivity index is 1.54. The van der Waals surface area contributed by atoms with Crippen LogP contribution < -0.4 is 10.6 Å². The molecule has 3 heterocycles. The van der Waals surface area contributed by atoms with Gasteiger partial charge >= 0.3 is 0 Å². The molecule has 152 valence electrons. The van der Waals surface area contributed by atoms with Crippen molar-refractivity contribution >= 4 is 35.1 Å². The number of allylic oxidation sites excluding steroid dienone is 1. The van der Waals surface area contributed by atoms with E-state index in [9.17, 15) is 4.79 Å². The van der Waals surface area contributed by atoms with E-state index in [0.717, 1.165) is 16.8 Å². The molecule has 2 aromatic carbocycles. The molecular formula is C23H17ClN6O. The second-order valence-electron chi connectivity index (χ2n) is 6.94. The van der Waals surface area contributed by atoms with Gasteiger partial charge in [0.15, 0.2) is 0 Å². The Kier molecular flexibility index (Phi) is 4.93. The number of hydrogen-bond donors (Lipinski definition) is 2. The van der Waals surface area contributed by atoms with E-state index in [0.29, 0.717) is 16.5 Å². The van der Waals surface area contributed by atoms with Gasteiger partial charge in [0, 0.05) is 23.1 Å². The molecule has 0 saturated heterocycles. The van der Waals surface area contributed by atoms with Gasteiger partial charge < -0.3 is 5.32 Å². The summed E-state index contributed by atoms with van der Waals surface area (Å²) >= 11 is 6.50. The van der Waals surface area contributed by atoms with Crippen molar-refractivity contribution in [3.8, 4) is 0 Å². The van der Waals surface area contributed by atoms with Crippen molar-refractivity contribution < 1.29 is 4.79 Å². The summed E-state index contributed by atoms with van der Waals surface area (Å²) < 4.78 is 1.71. The quantitative estimate of drug-likeness (QED) is 0.495. The predicted octanol–water partition coefficient (Wildman–Crippen LogP) is 4.63. The van der Waals surface area contributed by atoms with E-state index in [1.165, 1.54) is 6.20 Å². The van der Waals surface area contributed by atoms with Gasteiger partial charge in [0.25, 0.3) is 11.9 Å². The summed E-state index contributed by atoms with van der Waals surface area (Å²) in [6.07, 6.45) is 5.15. The van der Waals surface area contributed by atoms with Gasteiger partial charge in [-0.1, -0.05) is 60.1 Å². The van der Waals surface area contributed by atoms with E-state index >= 15 is 0 Å². The van der Waals surface area contributed by atoms with E-state index in [2.05, 4.69) is 25.7 Å². The fourth-order valence-electron chi connectivity index (χ4n) is 3.44. The average molecular weight is 429 g/mol. The third-order valence-electron chi connectivity index (χ3n) is 4.92. The van der Waals surface area contributed by atoms with Gasteiger partial charge in [-0.3, -0.25) is 15.1 Å². The van der Waals surface area contributed by atoms with Gasteiger partial charge in [0.05, 0.1) is 5.56 Å². The highest BCUT2D eigenvalue weighted by Crippen LogP contribution is 2.35. The summed E-state index contributed by atoms with van der Waals surface area (Å²) in [5.41, 5.74) is 3.20. The standard InChI is InChI=1S/C23H17ClN6O/c24-18-11-5-4-10-17(18)20-13-19(15-7-2-1-3-8-15)26-23-28-22(29-30(20)23)27-21(31)16-9-6-12-25-14-16/h1-14,20H,(H2,26,27,28,29,31)/t20-/m1/s1. The number of fused-ring (bicyclic) bond motifs is 1. The molecule has 0 aliphatic carbocycles. The van der Waals surface area contributed by atoms with Crippen molar-refractivity contribution in [2.45, 2.75) is 6.04 Å². The molecule has 0 radical (unpaired) electrons. The Morgan fingerprint density at radius 3 is 2.61 bits per heavy atom. The van der Waals surface area contributed by atoms with Crippen LogP contribution in [0.5, 0.6) is 0 Å². The first kappa shape index (κ1) is 19.0. The van der Waals surface area contributed by atoms with Crippen LogP contribution in [0.2, 0.25) is 5.02 Å². The third kappa shape index (κ3) is 3.78. The maximum atomic E-state index is 12.5. The molecule has 5 rings (SSSR count). The molecule has 1 aliphatic rings. The van der Waals surface area contributed by atoms with Crippen LogP contribution in [0, 0.1) is 0 Å². The molecule has 1 amide bonds. The number of nitrogens with zero attached hydrogens (tertiary/aromatic N) is 4. The Labute approximate surface area is 183 Å². The fraction of sp³-hybridized carbons (Fsp3) is 0.0435. The minimum atomic E-state index is -0.332. The fourth-order valence-corrected chi connectivity index (χ4v) is 3.69. The van der Waals surface area contributed by atoms with Gasteiger partial charge in [-0.25, -0.2) is 4.68 Å². The average Bonchev–Trinajstić information content (AvgIpc) is 3.22. The Morgan fingerprint density at radius 1 is 1.03 bits per heavy atom. The first-order valence-corrected chi connectivity index (χ1v) is 10.0. The van der Waals surface area contributed by atoms with Crippen LogP contribution in [0.1, 0.15) is 27.5 Å². The first-order valence-electron chi connectivity index (χ1n) is 9.65. The van der Waals surface area contributed by atoms with Crippen molar-refractivity contribution in [2.24, 2.45) is 0 Å². The predicted molar refractivity (Wildman–Crippen MR) is 120 cm³/mol. The van der Waals surface area contributed by atoms with Crippen LogP contribution >= 0.6 is 11.6 Å². The monoisotopic (exact) mass is 428 g/mol. The number of nitrogens with one attached hydrogen (secondary N) is 2. The van der Waals surface area contributed by atoms with Crippen LogP contribution in [0.15, 0.2) is 85.2 Å². The summed E-state index contributed by atoms with van der Waals surface area (Å²) in [6, 6.07) is 20.6. The highest BCUT2D eigenvalue weighted by molar-refractivity contribution is 6.31. The molecule has 31 heavy (non-hydrogen) atoms. The largest absolute Gasteiger partial charge is 0.324 e. The zero-order chi connectivity index (χ0) is 21.2. The van der Waals surface area contributed by atoms with Gasteiger partial charge in [-0.2, -0.15) is 4.98 Å². The normalized spacial score (nSPS) is 14.9. The molecule has 0 fully saturated rings. The maximum Gasteiger partial charge on any atom is 0.259 e. The minimum Gasteiger partial charge on any atom is -0.324 e. The molecule has 0 bridgehead atoms. The van der Waals surface area contributed by atoms with Crippen LogP contribution in [0.4, 0.5) is 11.9 Å². The zero-order valence-electron chi connectivity index (χ0n) is 16.2. The van der Waals surface area contributed by atoms with Crippen molar-refractivity contribution in [1.82, 2.24) is 19.7 Å². The molecule has 0 saturated carbocycles. The number of rotatable bonds is 4. The van der Waals surface area contributed by atoms with E-state index in [1.807, 2.05) is 60.7 Å². The highest BCUT2D eigenvalue weighted by Gasteiger charge is 2.27. The number of anilines is 2. The number of aromatic nitrogens is 4. The molecule has 2 aromatic heterocycles. The zero-order valence-corrected chi connectivity index (χ0v) is 17.0. The SMILES string of the molecule is O=C(Nc1nc2n(n1)[C@@H](c1ccccc1Cl)C=C(c1ccccc1)N2)c1cccnc1. The number of pyridine rings is 1. The lowest BCUT2D eigenvalue weighted by atomic mass is 10.0. The number of halogens is 1. The number of hydrogen-bond acceptors (Lipinski definition) is 5. The summed E-state index contributed by atoms with van der Waals surface area (Å²) in [4.78, 5) is 21.0. The summed E-state index contributed by atoms with van der Waals surface area (Å²) in [6.45, 7) is 0. The van der Waals surface area contributed by atoms with Crippen LogP contribution in [0.3, 0.4) is 0 Å². The molecule has 2 N–H and O–H groups in total. The minimum absolute atomic E-state index is 0.191. The Hall–Kier alpha value is -3.97. The van der Waals surface area contributed by atoms with Crippen molar-refractivity contribution in [2.75, 3.05) is 10.6 Å².